The molecule has 0 saturated carbocycles. The smallest absolute Gasteiger partial charge is 0.143 e. The Bertz CT molecular complexity index is 1070. The van der Waals surface area contributed by atoms with Crippen molar-refractivity contribution in [2.24, 2.45) is 0 Å². The molecular formula is C18H11ClFN3OS. The van der Waals surface area contributed by atoms with Crippen molar-refractivity contribution in [3.63, 3.8) is 0 Å². The summed E-state index contributed by atoms with van der Waals surface area (Å²) in [5.74, 6) is 0.319. The van der Waals surface area contributed by atoms with Crippen molar-refractivity contribution in [1.29, 1.82) is 0 Å². The Morgan fingerprint density at radius 1 is 1.08 bits per heavy atom. The second kappa shape index (κ2) is 6.31. The van der Waals surface area contributed by atoms with Crippen LogP contribution < -0.4 is 5.32 Å². The van der Waals surface area contributed by atoms with E-state index in [4.69, 9.17) is 11.6 Å². The number of aromatic nitrogens is 2. The van der Waals surface area contributed by atoms with Gasteiger partial charge in [-0.05, 0) is 35.9 Å². The molecule has 2 aromatic heterocycles. The topological polar surface area (TPSA) is 58.0 Å². The zero-order valence-electron chi connectivity index (χ0n) is 12.7. The average Bonchev–Trinajstić information content (AvgIpc) is 3.04. The summed E-state index contributed by atoms with van der Waals surface area (Å²) in [6.45, 7) is 0. The summed E-state index contributed by atoms with van der Waals surface area (Å²) < 4.78 is 13.2. The van der Waals surface area contributed by atoms with Crippen LogP contribution >= 0.6 is 22.9 Å². The third-order valence-corrected chi connectivity index (χ3v) is 4.86. The Labute approximate surface area is 151 Å². The van der Waals surface area contributed by atoms with Gasteiger partial charge in [0.2, 0.25) is 0 Å². The molecule has 25 heavy (non-hydrogen) atoms. The van der Waals surface area contributed by atoms with Crippen molar-refractivity contribution in [1.82, 2.24) is 9.97 Å². The van der Waals surface area contributed by atoms with Gasteiger partial charge in [0.25, 0.3) is 0 Å². The zero-order chi connectivity index (χ0) is 17.4. The maximum Gasteiger partial charge on any atom is 0.143 e. The highest BCUT2D eigenvalue weighted by Crippen LogP contribution is 2.38. The number of hydrogen-bond acceptors (Lipinski definition) is 5. The summed E-state index contributed by atoms with van der Waals surface area (Å²) in [7, 11) is 0. The number of thiophene rings is 1. The van der Waals surface area contributed by atoms with Gasteiger partial charge in [0.1, 0.15) is 28.5 Å². The van der Waals surface area contributed by atoms with E-state index in [2.05, 4.69) is 15.3 Å². The second-order valence-corrected chi connectivity index (χ2v) is 6.64. The van der Waals surface area contributed by atoms with Crippen molar-refractivity contribution in [3.8, 4) is 16.9 Å². The molecule has 2 aromatic carbocycles. The lowest BCUT2D eigenvalue weighted by molar-refractivity contribution is 0.478. The second-order valence-electron chi connectivity index (χ2n) is 5.35. The Morgan fingerprint density at radius 2 is 1.88 bits per heavy atom. The molecule has 124 valence electrons. The minimum absolute atomic E-state index is 0.0646. The van der Waals surface area contributed by atoms with Crippen LogP contribution in [0, 0.1) is 5.82 Å². The number of phenolic OH excluding ortho intramolecular Hbond substituents is 1. The van der Waals surface area contributed by atoms with E-state index in [1.165, 1.54) is 35.9 Å². The fraction of sp³-hybridized carbons (Fsp3) is 0. The third-order valence-electron chi connectivity index (χ3n) is 3.74. The first kappa shape index (κ1) is 15.8. The first-order valence-electron chi connectivity index (χ1n) is 7.35. The number of hydrogen-bond donors (Lipinski definition) is 2. The SMILES string of the molecule is Oc1ccc(Cl)cc1Nc1ncnc2scc(-c3ccc(F)cc3)c12. The molecule has 4 nitrogen and oxygen atoms in total. The predicted molar refractivity (Wildman–Crippen MR) is 99.2 cm³/mol. The lowest BCUT2D eigenvalue weighted by atomic mass is 10.1. The van der Waals surface area contributed by atoms with E-state index in [0.29, 0.717) is 16.5 Å². The van der Waals surface area contributed by atoms with Gasteiger partial charge < -0.3 is 10.4 Å². The molecule has 0 amide bonds. The molecule has 0 fully saturated rings. The molecule has 7 heteroatoms. The number of anilines is 2. The van der Waals surface area contributed by atoms with Gasteiger partial charge in [0, 0.05) is 16.0 Å². The molecule has 0 aliphatic rings. The van der Waals surface area contributed by atoms with E-state index in [1.54, 1.807) is 24.3 Å². The van der Waals surface area contributed by atoms with E-state index >= 15 is 0 Å². The summed E-state index contributed by atoms with van der Waals surface area (Å²) in [5.41, 5.74) is 2.20. The number of benzene rings is 2. The first-order chi connectivity index (χ1) is 12.1. The highest BCUT2D eigenvalue weighted by atomic mass is 35.5. The Hall–Kier alpha value is -2.70. The first-order valence-corrected chi connectivity index (χ1v) is 8.61. The lowest BCUT2D eigenvalue weighted by Gasteiger charge is -2.10. The van der Waals surface area contributed by atoms with Gasteiger partial charge in [-0.2, -0.15) is 0 Å². The van der Waals surface area contributed by atoms with Crippen LogP contribution in [-0.2, 0) is 0 Å². The Morgan fingerprint density at radius 3 is 2.68 bits per heavy atom. The van der Waals surface area contributed by atoms with Crippen LogP contribution in [0.15, 0.2) is 54.2 Å². The van der Waals surface area contributed by atoms with Gasteiger partial charge in [0.15, 0.2) is 0 Å². The van der Waals surface area contributed by atoms with E-state index in [1.807, 2.05) is 5.38 Å². The minimum Gasteiger partial charge on any atom is -0.506 e. The van der Waals surface area contributed by atoms with Crippen molar-refractivity contribution in [2.45, 2.75) is 0 Å². The van der Waals surface area contributed by atoms with Gasteiger partial charge in [0.05, 0.1) is 11.1 Å². The van der Waals surface area contributed by atoms with Gasteiger partial charge in [-0.15, -0.1) is 11.3 Å². The summed E-state index contributed by atoms with van der Waals surface area (Å²) in [5, 5.41) is 16.4. The van der Waals surface area contributed by atoms with Gasteiger partial charge in [-0.3, -0.25) is 0 Å². The molecule has 4 rings (SSSR count). The summed E-state index contributed by atoms with van der Waals surface area (Å²) in [4.78, 5) is 9.39. The van der Waals surface area contributed by atoms with Crippen molar-refractivity contribution in [3.05, 3.63) is 65.0 Å². The summed E-state index contributed by atoms with van der Waals surface area (Å²) >= 11 is 7.48. The average molecular weight is 372 g/mol. The van der Waals surface area contributed by atoms with Crippen molar-refractivity contribution in [2.75, 3.05) is 5.32 Å². The third kappa shape index (κ3) is 3.01. The van der Waals surface area contributed by atoms with Crippen LogP contribution in [0.5, 0.6) is 5.75 Å². The number of nitrogens with zero attached hydrogens (tertiary/aromatic N) is 2. The fourth-order valence-corrected chi connectivity index (χ4v) is 3.64. The molecule has 2 N–H and O–H groups in total. The van der Waals surface area contributed by atoms with Crippen LogP contribution in [0.2, 0.25) is 5.02 Å². The van der Waals surface area contributed by atoms with E-state index in [-0.39, 0.29) is 11.6 Å². The Balaban J connectivity index is 1.85. The minimum atomic E-state index is -0.290. The quantitative estimate of drug-likeness (QED) is 0.460. The van der Waals surface area contributed by atoms with Gasteiger partial charge >= 0.3 is 0 Å². The van der Waals surface area contributed by atoms with Crippen LogP contribution in [0.4, 0.5) is 15.9 Å². The normalized spacial score (nSPS) is 11.0. The summed E-state index contributed by atoms with van der Waals surface area (Å²) in [6.07, 6.45) is 1.46. The predicted octanol–water partition coefficient (Wildman–Crippen LogP) is 5.60. The van der Waals surface area contributed by atoms with Gasteiger partial charge in [-0.25, -0.2) is 14.4 Å². The zero-order valence-corrected chi connectivity index (χ0v) is 14.3. The molecule has 0 aliphatic heterocycles. The van der Waals surface area contributed by atoms with Crippen LogP contribution in [0.25, 0.3) is 21.3 Å². The molecule has 0 saturated heterocycles. The van der Waals surface area contributed by atoms with Crippen LogP contribution in [0.3, 0.4) is 0 Å². The molecule has 4 aromatic rings. The molecule has 0 spiro atoms. The molecular weight excluding hydrogens is 361 g/mol. The number of phenols is 1. The standard InChI is InChI=1S/C18H11ClFN3OS/c19-11-3-6-15(24)14(7-11)23-17-16-13(8-25-18(16)22-9-21-17)10-1-4-12(20)5-2-10/h1-9,24H,(H,21,22,23). The highest BCUT2D eigenvalue weighted by molar-refractivity contribution is 7.17. The number of aromatic hydroxyl groups is 1. The van der Waals surface area contributed by atoms with Crippen LogP contribution in [-0.4, -0.2) is 15.1 Å². The maximum atomic E-state index is 13.2. The number of halogens is 2. The van der Waals surface area contributed by atoms with Gasteiger partial charge in [-0.1, -0.05) is 23.7 Å². The van der Waals surface area contributed by atoms with E-state index < -0.39 is 0 Å². The number of rotatable bonds is 3. The van der Waals surface area contributed by atoms with Crippen molar-refractivity contribution < 1.29 is 9.50 Å². The Kier molecular flexibility index (Phi) is 3.99. The molecule has 0 aliphatic carbocycles. The molecule has 0 unspecified atom stereocenters. The molecule has 0 atom stereocenters. The highest BCUT2D eigenvalue weighted by Gasteiger charge is 2.14. The number of nitrogens with one attached hydrogen (secondary N) is 1. The molecule has 2 heterocycles. The van der Waals surface area contributed by atoms with E-state index in [9.17, 15) is 9.50 Å². The number of fused-ring (bicyclic) bond motifs is 1. The lowest BCUT2D eigenvalue weighted by Crippen LogP contribution is -1.96. The van der Waals surface area contributed by atoms with Crippen molar-refractivity contribution >= 4 is 44.7 Å². The summed E-state index contributed by atoms with van der Waals surface area (Å²) in [6, 6.07) is 11.0. The maximum absolute atomic E-state index is 13.2. The van der Waals surface area contributed by atoms with Crippen LogP contribution in [0.1, 0.15) is 0 Å². The molecule has 0 radical (unpaired) electrons. The molecule has 0 bridgehead atoms. The fourth-order valence-electron chi connectivity index (χ4n) is 2.55. The monoisotopic (exact) mass is 371 g/mol. The van der Waals surface area contributed by atoms with E-state index in [0.717, 1.165) is 21.3 Å². The largest absolute Gasteiger partial charge is 0.506 e.